The number of carbonyl (C=O) groups excluding carboxylic acids is 1. The molecular formula is C27H46N4O. The summed E-state index contributed by atoms with van der Waals surface area (Å²) >= 11 is 0. The molecule has 0 aromatic heterocycles. The van der Waals surface area contributed by atoms with Crippen molar-refractivity contribution in [3.8, 4) is 0 Å². The summed E-state index contributed by atoms with van der Waals surface area (Å²) in [6.07, 6.45) is 13.8. The number of fused-ring (bicyclic) bond motifs is 1. The summed E-state index contributed by atoms with van der Waals surface area (Å²) in [4.78, 5) is 15.5. The van der Waals surface area contributed by atoms with Crippen LogP contribution in [-0.4, -0.2) is 56.1 Å². The fourth-order valence-corrected chi connectivity index (χ4v) is 7.70. The van der Waals surface area contributed by atoms with Gasteiger partial charge in [-0.1, -0.05) is 6.58 Å². The zero-order valence-electron chi connectivity index (χ0n) is 20.1. The van der Waals surface area contributed by atoms with Crippen LogP contribution >= 0.6 is 0 Å². The number of carbonyl (C=O) groups is 1. The maximum absolute atomic E-state index is 12.7. The molecule has 5 rings (SSSR count). The summed E-state index contributed by atoms with van der Waals surface area (Å²) < 4.78 is 0. The Morgan fingerprint density at radius 3 is 2.44 bits per heavy atom. The summed E-state index contributed by atoms with van der Waals surface area (Å²) in [6, 6.07) is 0.740. The van der Waals surface area contributed by atoms with Gasteiger partial charge in [-0.05, 0) is 126 Å². The lowest BCUT2D eigenvalue weighted by Gasteiger charge is -2.43. The number of amides is 1. The second-order valence-corrected chi connectivity index (χ2v) is 11.7. The molecule has 32 heavy (non-hydrogen) atoms. The van der Waals surface area contributed by atoms with E-state index in [0.717, 1.165) is 62.2 Å². The van der Waals surface area contributed by atoms with Crippen LogP contribution in [0.4, 0.5) is 0 Å². The summed E-state index contributed by atoms with van der Waals surface area (Å²) in [5, 5.41) is 10.3. The molecule has 3 heterocycles. The predicted molar refractivity (Wildman–Crippen MR) is 130 cm³/mol. The Labute approximate surface area is 195 Å². The third-order valence-electron chi connectivity index (χ3n) is 9.82. The van der Waals surface area contributed by atoms with E-state index >= 15 is 0 Å². The van der Waals surface area contributed by atoms with Gasteiger partial charge in [0, 0.05) is 30.7 Å². The molecule has 3 aliphatic heterocycles. The second-order valence-electron chi connectivity index (χ2n) is 11.7. The zero-order valence-corrected chi connectivity index (χ0v) is 20.1. The maximum atomic E-state index is 12.7. The van der Waals surface area contributed by atoms with E-state index in [9.17, 15) is 4.79 Å². The van der Waals surface area contributed by atoms with E-state index in [1.165, 1.54) is 83.1 Å². The van der Waals surface area contributed by atoms with Crippen LogP contribution in [0.5, 0.6) is 0 Å². The molecule has 180 valence electrons. The number of hydrogen-bond acceptors (Lipinski definition) is 4. The van der Waals surface area contributed by atoms with Gasteiger partial charge in [0.05, 0.1) is 0 Å². The van der Waals surface area contributed by atoms with Crippen LogP contribution in [0.1, 0.15) is 70.6 Å². The van der Waals surface area contributed by atoms with Gasteiger partial charge in [-0.15, -0.1) is 0 Å². The van der Waals surface area contributed by atoms with Gasteiger partial charge in [0.2, 0.25) is 5.91 Å². The summed E-state index contributed by atoms with van der Waals surface area (Å²) in [7, 11) is 0. The first-order chi connectivity index (χ1) is 15.7. The first-order valence-corrected chi connectivity index (χ1v) is 13.8. The smallest absolute Gasteiger partial charge is 0.223 e. The fraction of sp³-hybridized carbons (Fsp3) is 0.889. The van der Waals surface area contributed by atoms with Gasteiger partial charge in [-0.3, -0.25) is 4.79 Å². The maximum Gasteiger partial charge on any atom is 0.223 e. The summed E-state index contributed by atoms with van der Waals surface area (Å²) in [5.41, 5.74) is 1.41. The minimum Gasteiger partial charge on any atom is -0.372 e. The van der Waals surface area contributed by atoms with E-state index in [2.05, 4.69) is 27.4 Å². The van der Waals surface area contributed by atoms with E-state index in [0.29, 0.717) is 11.8 Å². The molecular weight excluding hydrogens is 396 g/mol. The highest BCUT2D eigenvalue weighted by molar-refractivity contribution is 5.78. The largest absolute Gasteiger partial charge is 0.372 e. The van der Waals surface area contributed by atoms with Crippen molar-refractivity contribution in [1.82, 2.24) is 20.9 Å². The molecule has 0 aromatic rings. The van der Waals surface area contributed by atoms with Crippen LogP contribution in [-0.2, 0) is 4.79 Å². The van der Waals surface area contributed by atoms with Crippen molar-refractivity contribution in [2.45, 2.75) is 76.7 Å². The van der Waals surface area contributed by atoms with E-state index < -0.39 is 0 Å². The molecule has 5 nitrogen and oxygen atoms in total. The van der Waals surface area contributed by atoms with Crippen molar-refractivity contribution in [3.05, 3.63) is 12.3 Å². The van der Waals surface area contributed by atoms with Gasteiger partial charge >= 0.3 is 0 Å². The van der Waals surface area contributed by atoms with Gasteiger partial charge in [-0.25, -0.2) is 0 Å². The number of nitrogens with zero attached hydrogens (tertiary/aromatic N) is 1. The minimum absolute atomic E-state index is 0.254. The van der Waals surface area contributed by atoms with Crippen LogP contribution in [0.15, 0.2) is 12.3 Å². The highest BCUT2D eigenvalue weighted by Gasteiger charge is 2.40. The highest BCUT2D eigenvalue weighted by atomic mass is 16.1. The molecule has 0 aromatic carbocycles. The number of allylic oxidation sites excluding steroid dienone is 1. The minimum atomic E-state index is 0.254. The van der Waals surface area contributed by atoms with E-state index in [-0.39, 0.29) is 5.92 Å². The molecule has 5 heteroatoms. The van der Waals surface area contributed by atoms with Gasteiger partial charge in [-0.2, -0.15) is 0 Å². The molecule has 5 aliphatic rings. The lowest BCUT2D eigenvalue weighted by atomic mass is 9.73. The average molecular weight is 443 g/mol. The van der Waals surface area contributed by atoms with Gasteiger partial charge in [0.15, 0.2) is 0 Å². The zero-order chi connectivity index (χ0) is 21.9. The number of likely N-dealkylation sites (tertiary alicyclic amines) is 1. The molecule has 0 spiro atoms. The topological polar surface area (TPSA) is 56.4 Å². The molecule has 2 saturated carbocycles. The van der Waals surface area contributed by atoms with Crippen LogP contribution in [0.3, 0.4) is 0 Å². The molecule has 2 aliphatic carbocycles. The van der Waals surface area contributed by atoms with Crippen molar-refractivity contribution in [2.24, 2.45) is 35.5 Å². The van der Waals surface area contributed by atoms with E-state index in [4.69, 9.17) is 0 Å². The molecule has 4 unspecified atom stereocenters. The van der Waals surface area contributed by atoms with Crippen LogP contribution in [0.25, 0.3) is 0 Å². The van der Waals surface area contributed by atoms with Crippen molar-refractivity contribution < 1.29 is 4.79 Å². The SMILES string of the molecule is C=C1CC(C2CCC(C(=O)NCC3CCNCC3)CC2)CN1C1CCC2CNCCC2C1. The molecule has 3 N–H and O–H groups in total. The Kier molecular flexibility index (Phi) is 7.43. The number of nitrogens with one attached hydrogen (secondary N) is 3. The number of rotatable bonds is 5. The van der Waals surface area contributed by atoms with Gasteiger partial charge in [0.25, 0.3) is 0 Å². The number of hydrogen-bond donors (Lipinski definition) is 3. The van der Waals surface area contributed by atoms with Crippen LogP contribution in [0.2, 0.25) is 0 Å². The van der Waals surface area contributed by atoms with Crippen molar-refractivity contribution in [1.29, 1.82) is 0 Å². The van der Waals surface area contributed by atoms with E-state index in [1.807, 2.05) is 0 Å². The summed E-state index contributed by atoms with van der Waals surface area (Å²) in [5.74, 6) is 4.67. The molecule has 0 bridgehead atoms. The van der Waals surface area contributed by atoms with Crippen molar-refractivity contribution in [3.63, 3.8) is 0 Å². The Bertz CT molecular complexity index is 652. The normalized spacial score (nSPS) is 39.0. The average Bonchev–Trinajstić information content (AvgIpc) is 3.24. The Morgan fingerprint density at radius 2 is 1.62 bits per heavy atom. The predicted octanol–water partition coefficient (Wildman–Crippen LogP) is 3.52. The van der Waals surface area contributed by atoms with E-state index in [1.54, 1.807) is 0 Å². The lowest BCUT2D eigenvalue weighted by Crippen LogP contribution is -2.45. The molecule has 5 fully saturated rings. The summed E-state index contributed by atoms with van der Waals surface area (Å²) in [6.45, 7) is 11.3. The lowest BCUT2D eigenvalue weighted by molar-refractivity contribution is -0.126. The van der Waals surface area contributed by atoms with Gasteiger partial charge in [0.1, 0.15) is 0 Å². The third-order valence-corrected chi connectivity index (χ3v) is 9.82. The first-order valence-electron chi connectivity index (χ1n) is 13.8. The van der Waals surface area contributed by atoms with Crippen LogP contribution < -0.4 is 16.0 Å². The molecule has 4 atom stereocenters. The van der Waals surface area contributed by atoms with Crippen molar-refractivity contribution >= 4 is 5.91 Å². The first kappa shape index (κ1) is 22.7. The molecule has 1 amide bonds. The quantitative estimate of drug-likeness (QED) is 0.610. The molecule has 0 radical (unpaired) electrons. The Hall–Kier alpha value is -1.07. The Balaban J connectivity index is 1.06. The fourth-order valence-electron chi connectivity index (χ4n) is 7.70. The highest BCUT2D eigenvalue weighted by Crippen LogP contribution is 2.44. The second kappa shape index (κ2) is 10.5. The Morgan fingerprint density at radius 1 is 0.875 bits per heavy atom. The standard InChI is InChI=1S/C27H46N4O/c1-19-14-25(18-31(19)26-7-6-24-17-29-13-10-23(24)15-26)21-2-4-22(5-3-21)27(32)30-16-20-8-11-28-12-9-20/h20-26,28-29H,1-18H2,(H,30,32). The molecule has 3 saturated heterocycles. The monoisotopic (exact) mass is 442 g/mol. The van der Waals surface area contributed by atoms with Crippen molar-refractivity contribution in [2.75, 3.05) is 39.3 Å². The van der Waals surface area contributed by atoms with Crippen LogP contribution in [0, 0.1) is 35.5 Å². The third kappa shape index (κ3) is 5.19. The van der Waals surface area contributed by atoms with Gasteiger partial charge < -0.3 is 20.9 Å². The number of piperidine rings is 2.